The summed E-state index contributed by atoms with van der Waals surface area (Å²) in [6, 6.07) is 6.01. The van der Waals surface area contributed by atoms with Gasteiger partial charge in [0, 0.05) is 42.6 Å². The molecule has 7 nitrogen and oxygen atoms in total. The number of nitrogens with one attached hydrogen (secondary N) is 1. The Kier molecular flexibility index (Phi) is 4.18. The molecule has 4 heterocycles. The summed E-state index contributed by atoms with van der Waals surface area (Å²) in [5.74, 6) is 0.196. The predicted octanol–water partition coefficient (Wildman–Crippen LogP) is 3.60. The van der Waals surface area contributed by atoms with E-state index in [4.69, 9.17) is 0 Å². The second kappa shape index (κ2) is 6.53. The molecule has 0 spiro atoms. The highest BCUT2D eigenvalue weighted by Gasteiger charge is 2.49. The first-order valence-electron chi connectivity index (χ1n) is 10.0. The standard InChI is InChI=1S/C21H26N6OS/c1-20-6-7-21(2,25-20)12-15(11-20)26(3)19-24-23-18(29-19)16-5-4-14(10-17(16)28)27-9-8-22-13-27/h4-5,8-10,13,15,25,28H,6-7,11-12H2,1-3H3/t15-,20-,21+. The number of aromatic hydroxyl groups is 1. The number of imidazole rings is 1. The van der Waals surface area contributed by atoms with Crippen LogP contribution in [0.4, 0.5) is 5.13 Å². The first-order valence-corrected chi connectivity index (χ1v) is 10.8. The largest absolute Gasteiger partial charge is 0.507 e. The van der Waals surface area contributed by atoms with Crippen molar-refractivity contribution in [3.05, 3.63) is 36.9 Å². The fraction of sp³-hybridized carbons (Fsp3) is 0.476. The molecule has 29 heavy (non-hydrogen) atoms. The fourth-order valence-corrected chi connectivity index (χ4v) is 5.91. The summed E-state index contributed by atoms with van der Waals surface area (Å²) in [7, 11) is 2.12. The lowest BCUT2D eigenvalue weighted by Gasteiger charge is -2.45. The van der Waals surface area contributed by atoms with Crippen molar-refractivity contribution < 1.29 is 5.11 Å². The van der Waals surface area contributed by atoms with E-state index in [-0.39, 0.29) is 16.8 Å². The minimum absolute atomic E-state index is 0.196. The van der Waals surface area contributed by atoms with E-state index in [2.05, 4.69) is 46.3 Å². The second-order valence-corrected chi connectivity index (χ2v) is 9.94. The molecular formula is C21H26N6OS. The number of anilines is 1. The Morgan fingerprint density at radius 3 is 2.62 bits per heavy atom. The van der Waals surface area contributed by atoms with Crippen molar-refractivity contribution in [2.75, 3.05) is 11.9 Å². The number of benzene rings is 1. The Labute approximate surface area is 174 Å². The number of phenolic OH excluding ortho intramolecular Hbond substituents is 1. The second-order valence-electron chi connectivity index (χ2n) is 8.98. The Morgan fingerprint density at radius 1 is 1.21 bits per heavy atom. The van der Waals surface area contributed by atoms with Crippen molar-refractivity contribution in [2.45, 2.75) is 56.7 Å². The van der Waals surface area contributed by atoms with Gasteiger partial charge in [0.2, 0.25) is 5.13 Å². The number of rotatable bonds is 4. The zero-order valence-corrected chi connectivity index (χ0v) is 17.8. The molecule has 2 aliphatic rings. The molecule has 8 heteroatoms. The van der Waals surface area contributed by atoms with Crippen molar-refractivity contribution in [1.29, 1.82) is 0 Å². The van der Waals surface area contributed by atoms with Gasteiger partial charge in [-0.3, -0.25) is 0 Å². The van der Waals surface area contributed by atoms with Gasteiger partial charge in [-0.05, 0) is 51.7 Å². The lowest BCUT2D eigenvalue weighted by Crippen LogP contribution is -2.58. The molecule has 0 unspecified atom stereocenters. The lowest BCUT2D eigenvalue weighted by atomic mass is 9.84. The quantitative estimate of drug-likeness (QED) is 0.684. The average molecular weight is 411 g/mol. The Bertz CT molecular complexity index is 1020. The molecule has 2 bridgehead atoms. The molecule has 5 rings (SSSR count). The summed E-state index contributed by atoms with van der Waals surface area (Å²) in [4.78, 5) is 6.33. The summed E-state index contributed by atoms with van der Waals surface area (Å²) < 4.78 is 1.86. The number of hydrogen-bond donors (Lipinski definition) is 2. The number of piperidine rings is 1. The molecule has 0 aliphatic carbocycles. The minimum Gasteiger partial charge on any atom is -0.507 e. The third-order valence-electron chi connectivity index (χ3n) is 6.48. The van der Waals surface area contributed by atoms with Crippen LogP contribution in [0, 0.1) is 0 Å². The van der Waals surface area contributed by atoms with Gasteiger partial charge in [0.05, 0.1) is 17.6 Å². The molecule has 2 saturated heterocycles. The van der Waals surface area contributed by atoms with Crippen molar-refractivity contribution in [1.82, 2.24) is 25.1 Å². The van der Waals surface area contributed by atoms with Gasteiger partial charge in [-0.1, -0.05) is 11.3 Å². The van der Waals surface area contributed by atoms with Crippen molar-refractivity contribution in [3.63, 3.8) is 0 Å². The van der Waals surface area contributed by atoms with E-state index in [1.165, 1.54) is 24.2 Å². The summed E-state index contributed by atoms with van der Waals surface area (Å²) in [6.45, 7) is 4.67. The molecule has 0 amide bonds. The Hall–Kier alpha value is -2.45. The molecule has 2 N–H and O–H groups in total. The molecule has 0 saturated carbocycles. The van der Waals surface area contributed by atoms with Gasteiger partial charge >= 0.3 is 0 Å². The molecule has 152 valence electrons. The molecule has 2 aliphatic heterocycles. The van der Waals surface area contributed by atoms with E-state index in [0.717, 1.165) is 28.7 Å². The first kappa shape index (κ1) is 18.6. The van der Waals surface area contributed by atoms with Crippen molar-refractivity contribution in [3.8, 4) is 22.0 Å². The van der Waals surface area contributed by atoms with Gasteiger partial charge in [0.15, 0.2) is 5.01 Å². The average Bonchev–Trinajstić information content (AvgIpc) is 3.41. The van der Waals surface area contributed by atoms with E-state index in [9.17, 15) is 5.11 Å². The zero-order valence-electron chi connectivity index (χ0n) is 17.0. The molecule has 2 fully saturated rings. The van der Waals surface area contributed by atoms with Crippen LogP contribution < -0.4 is 10.2 Å². The molecule has 3 atom stereocenters. The van der Waals surface area contributed by atoms with E-state index in [1.807, 2.05) is 22.9 Å². The molecule has 1 aromatic carbocycles. The molecule has 0 radical (unpaired) electrons. The van der Waals surface area contributed by atoms with E-state index in [1.54, 1.807) is 18.6 Å². The summed E-state index contributed by atoms with van der Waals surface area (Å²) >= 11 is 1.53. The SMILES string of the molecule is CN(c1nnc(-c2ccc(-n3ccnc3)cc2O)s1)[C@H]1C[C@]2(C)CC[C@](C)(C1)N2. The zero-order chi connectivity index (χ0) is 20.2. The van der Waals surface area contributed by atoms with E-state index in [0.29, 0.717) is 11.6 Å². The normalized spacial score (nSPS) is 28.6. The van der Waals surface area contributed by atoms with E-state index >= 15 is 0 Å². The monoisotopic (exact) mass is 410 g/mol. The van der Waals surface area contributed by atoms with Crippen LogP contribution in [0.15, 0.2) is 36.9 Å². The van der Waals surface area contributed by atoms with Gasteiger partial charge in [0.1, 0.15) is 5.75 Å². The van der Waals surface area contributed by atoms with Crippen LogP contribution in [-0.4, -0.2) is 49.0 Å². The van der Waals surface area contributed by atoms with Gasteiger partial charge < -0.3 is 19.9 Å². The van der Waals surface area contributed by atoms with Gasteiger partial charge in [-0.15, -0.1) is 10.2 Å². The lowest BCUT2D eigenvalue weighted by molar-refractivity contribution is 0.208. The smallest absolute Gasteiger partial charge is 0.208 e. The van der Waals surface area contributed by atoms with Crippen LogP contribution in [0.3, 0.4) is 0 Å². The van der Waals surface area contributed by atoms with Crippen LogP contribution in [0.1, 0.15) is 39.5 Å². The van der Waals surface area contributed by atoms with Gasteiger partial charge in [0.25, 0.3) is 0 Å². The van der Waals surface area contributed by atoms with Crippen molar-refractivity contribution in [2.24, 2.45) is 0 Å². The van der Waals surface area contributed by atoms with Gasteiger partial charge in [-0.25, -0.2) is 4.98 Å². The topological polar surface area (TPSA) is 79.1 Å². The third-order valence-corrected chi connectivity index (χ3v) is 7.53. The summed E-state index contributed by atoms with van der Waals surface area (Å²) in [5, 5.41) is 24.9. The van der Waals surface area contributed by atoms with Crippen LogP contribution in [0.2, 0.25) is 0 Å². The summed E-state index contributed by atoms with van der Waals surface area (Å²) in [5.41, 5.74) is 1.98. The number of aromatic nitrogens is 4. The maximum atomic E-state index is 10.6. The molecule has 3 aromatic rings. The Morgan fingerprint density at radius 2 is 1.97 bits per heavy atom. The highest BCUT2D eigenvalue weighted by molar-refractivity contribution is 7.18. The maximum Gasteiger partial charge on any atom is 0.208 e. The van der Waals surface area contributed by atoms with E-state index < -0.39 is 0 Å². The minimum atomic E-state index is 0.196. The van der Waals surface area contributed by atoms with Crippen LogP contribution in [-0.2, 0) is 0 Å². The molecule has 2 aromatic heterocycles. The highest BCUT2D eigenvalue weighted by Crippen LogP contribution is 2.44. The fourth-order valence-electron chi connectivity index (χ4n) is 4.99. The number of phenols is 1. The van der Waals surface area contributed by atoms with Crippen LogP contribution >= 0.6 is 11.3 Å². The first-order chi connectivity index (χ1) is 13.8. The van der Waals surface area contributed by atoms with Crippen LogP contribution in [0.5, 0.6) is 5.75 Å². The Balaban J connectivity index is 1.38. The van der Waals surface area contributed by atoms with Gasteiger partial charge in [-0.2, -0.15) is 0 Å². The third kappa shape index (κ3) is 3.30. The number of fused-ring (bicyclic) bond motifs is 2. The predicted molar refractivity (Wildman–Crippen MR) is 115 cm³/mol. The summed E-state index contributed by atoms with van der Waals surface area (Å²) in [6.07, 6.45) is 9.95. The van der Waals surface area contributed by atoms with Crippen molar-refractivity contribution >= 4 is 16.5 Å². The highest BCUT2D eigenvalue weighted by atomic mass is 32.1. The molecular weight excluding hydrogens is 384 g/mol. The number of hydrogen-bond acceptors (Lipinski definition) is 7. The maximum absolute atomic E-state index is 10.6. The van der Waals surface area contributed by atoms with Crippen LogP contribution in [0.25, 0.3) is 16.3 Å². The number of nitrogens with zero attached hydrogens (tertiary/aromatic N) is 5.